The van der Waals surface area contributed by atoms with Crippen molar-refractivity contribution in [1.82, 2.24) is 4.90 Å². The van der Waals surface area contributed by atoms with Crippen LogP contribution >= 0.6 is 0 Å². The maximum absolute atomic E-state index is 12.4. The number of rotatable bonds is 4. The molecule has 0 aromatic heterocycles. The smallest absolute Gasteiger partial charge is 0.225 e. The number of aliphatic hydroxyl groups excluding tert-OH is 1. The van der Waals surface area contributed by atoms with Gasteiger partial charge in [-0.05, 0) is 32.1 Å². The molecule has 0 spiro atoms. The molecule has 4 nitrogen and oxygen atoms in total. The number of hydrogen-bond acceptors (Lipinski definition) is 3. The number of carbonyl (C=O) groups excluding carboxylic acids is 1. The van der Waals surface area contributed by atoms with Crippen LogP contribution in [-0.2, 0) is 9.53 Å². The molecule has 0 aromatic rings. The lowest BCUT2D eigenvalue weighted by atomic mass is 9.77. The fourth-order valence-electron chi connectivity index (χ4n) is 3.10. The molecule has 1 unspecified atom stereocenters. The molecule has 104 valence electrons. The quantitative estimate of drug-likeness (QED) is 0.832. The first-order valence-electron chi connectivity index (χ1n) is 7.16. The summed E-state index contributed by atoms with van der Waals surface area (Å²) in [5, 5.41) is 9.44. The number of likely N-dealkylation sites (tertiary alicyclic amines) is 1. The van der Waals surface area contributed by atoms with Gasteiger partial charge in [0.15, 0.2) is 0 Å². The van der Waals surface area contributed by atoms with Gasteiger partial charge in [0.25, 0.3) is 0 Å². The Labute approximate surface area is 109 Å². The van der Waals surface area contributed by atoms with Crippen molar-refractivity contribution in [3.8, 4) is 0 Å². The number of hydrogen-bond donors (Lipinski definition) is 1. The average Bonchev–Trinajstić information content (AvgIpc) is 2.58. The highest BCUT2D eigenvalue weighted by Gasteiger charge is 2.40. The Morgan fingerprint density at radius 1 is 1.33 bits per heavy atom. The highest BCUT2D eigenvalue weighted by molar-refractivity contribution is 5.78. The molecule has 4 heteroatoms. The van der Waals surface area contributed by atoms with Crippen molar-refractivity contribution in [3.63, 3.8) is 0 Å². The fraction of sp³-hybridized carbons (Fsp3) is 0.929. The van der Waals surface area contributed by atoms with E-state index >= 15 is 0 Å². The molecule has 0 radical (unpaired) electrons. The molecule has 2 fully saturated rings. The Morgan fingerprint density at radius 2 is 2.11 bits per heavy atom. The molecule has 0 aromatic carbocycles. The maximum Gasteiger partial charge on any atom is 0.225 e. The number of nitrogens with zero attached hydrogens (tertiary/aromatic N) is 1. The van der Waals surface area contributed by atoms with E-state index in [-0.39, 0.29) is 24.2 Å². The number of methoxy groups -OCH3 is 1. The number of amides is 1. The summed E-state index contributed by atoms with van der Waals surface area (Å²) in [5.74, 6) is 0.164. The van der Waals surface area contributed by atoms with Crippen LogP contribution in [0, 0.1) is 0 Å². The number of carbonyl (C=O) groups is 1. The fourth-order valence-corrected chi connectivity index (χ4v) is 3.10. The largest absolute Gasteiger partial charge is 0.394 e. The van der Waals surface area contributed by atoms with Gasteiger partial charge in [0, 0.05) is 13.7 Å². The predicted octanol–water partition coefficient (Wildman–Crippen LogP) is 1.71. The molecule has 1 atom stereocenters. The summed E-state index contributed by atoms with van der Waals surface area (Å²) in [6.45, 7) is 0.885. The van der Waals surface area contributed by atoms with Gasteiger partial charge in [-0.25, -0.2) is 0 Å². The van der Waals surface area contributed by atoms with Crippen molar-refractivity contribution in [2.75, 3.05) is 20.3 Å². The maximum atomic E-state index is 12.4. The van der Waals surface area contributed by atoms with Gasteiger partial charge in [0.2, 0.25) is 5.91 Å². The zero-order chi connectivity index (χ0) is 13.0. The molecule has 1 saturated carbocycles. The molecule has 2 rings (SSSR count). The van der Waals surface area contributed by atoms with Crippen molar-refractivity contribution >= 4 is 5.91 Å². The van der Waals surface area contributed by atoms with Gasteiger partial charge in [0.05, 0.1) is 24.7 Å². The Balaban J connectivity index is 1.97. The molecule has 1 aliphatic carbocycles. The first kappa shape index (κ1) is 13.8. The molecule has 0 bridgehead atoms. The summed E-state index contributed by atoms with van der Waals surface area (Å²) in [4.78, 5) is 14.3. The van der Waals surface area contributed by atoms with Gasteiger partial charge in [-0.1, -0.05) is 12.8 Å². The second-order valence-corrected chi connectivity index (χ2v) is 5.69. The van der Waals surface area contributed by atoms with E-state index in [0.29, 0.717) is 6.42 Å². The minimum Gasteiger partial charge on any atom is -0.394 e. The van der Waals surface area contributed by atoms with Crippen molar-refractivity contribution in [2.45, 2.75) is 63.0 Å². The standard InChI is InChI=1S/C14H25NO3/c1-18-14(7-5-8-14)10-13(17)15-9-4-2-3-6-12(15)11-16/h12,16H,2-11H2,1H3. The summed E-state index contributed by atoms with van der Waals surface area (Å²) >= 11 is 0. The van der Waals surface area contributed by atoms with E-state index in [1.165, 1.54) is 0 Å². The average molecular weight is 255 g/mol. The third kappa shape index (κ3) is 2.86. The molecular weight excluding hydrogens is 230 g/mol. The van der Waals surface area contributed by atoms with E-state index in [2.05, 4.69) is 0 Å². The highest BCUT2D eigenvalue weighted by atomic mass is 16.5. The van der Waals surface area contributed by atoms with Gasteiger partial charge in [-0.15, -0.1) is 0 Å². The summed E-state index contributed by atoms with van der Waals surface area (Å²) in [5.41, 5.74) is -0.205. The number of ether oxygens (including phenoxy) is 1. The van der Waals surface area contributed by atoms with Gasteiger partial charge in [-0.2, -0.15) is 0 Å². The van der Waals surface area contributed by atoms with Crippen LogP contribution in [-0.4, -0.2) is 47.8 Å². The Kier molecular flexibility index (Phi) is 4.62. The molecule has 2 aliphatic rings. The Hall–Kier alpha value is -0.610. The second-order valence-electron chi connectivity index (χ2n) is 5.69. The van der Waals surface area contributed by atoms with Crippen LogP contribution in [0.15, 0.2) is 0 Å². The summed E-state index contributed by atoms with van der Waals surface area (Å²) in [6, 6.07) is 0.0222. The third-order valence-corrected chi connectivity index (χ3v) is 4.58. The molecule has 1 saturated heterocycles. The van der Waals surface area contributed by atoms with Crippen LogP contribution in [0.1, 0.15) is 51.4 Å². The predicted molar refractivity (Wildman–Crippen MR) is 69.3 cm³/mol. The first-order chi connectivity index (χ1) is 8.71. The molecule has 1 amide bonds. The van der Waals surface area contributed by atoms with E-state index in [4.69, 9.17) is 4.74 Å². The third-order valence-electron chi connectivity index (χ3n) is 4.58. The van der Waals surface area contributed by atoms with Crippen molar-refractivity contribution in [1.29, 1.82) is 0 Å². The summed E-state index contributed by atoms with van der Waals surface area (Å²) < 4.78 is 5.53. The Bertz CT molecular complexity index is 283. The van der Waals surface area contributed by atoms with E-state index < -0.39 is 0 Å². The molecule has 1 N–H and O–H groups in total. The second kappa shape index (κ2) is 6.02. The van der Waals surface area contributed by atoms with E-state index in [0.717, 1.165) is 51.5 Å². The van der Waals surface area contributed by atoms with Crippen molar-refractivity contribution < 1.29 is 14.6 Å². The van der Waals surface area contributed by atoms with E-state index in [9.17, 15) is 9.90 Å². The highest BCUT2D eigenvalue weighted by Crippen LogP contribution is 2.38. The lowest BCUT2D eigenvalue weighted by molar-refractivity contribution is -0.147. The van der Waals surface area contributed by atoms with Crippen LogP contribution < -0.4 is 0 Å². The normalized spacial score (nSPS) is 27.4. The lowest BCUT2D eigenvalue weighted by Gasteiger charge is -2.42. The zero-order valence-corrected chi connectivity index (χ0v) is 11.4. The van der Waals surface area contributed by atoms with Crippen LogP contribution in [0.2, 0.25) is 0 Å². The first-order valence-corrected chi connectivity index (χ1v) is 7.16. The molecule has 1 heterocycles. The van der Waals surface area contributed by atoms with Crippen molar-refractivity contribution in [3.05, 3.63) is 0 Å². The van der Waals surface area contributed by atoms with Crippen LogP contribution in [0.4, 0.5) is 0 Å². The van der Waals surface area contributed by atoms with Gasteiger partial charge < -0.3 is 14.7 Å². The van der Waals surface area contributed by atoms with Crippen LogP contribution in [0.25, 0.3) is 0 Å². The monoisotopic (exact) mass is 255 g/mol. The Morgan fingerprint density at radius 3 is 2.67 bits per heavy atom. The minimum absolute atomic E-state index is 0.0222. The van der Waals surface area contributed by atoms with Gasteiger partial charge in [-0.3, -0.25) is 4.79 Å². The lowest BCUT2D eigenvalue weighted by Crippen LogP contribution is -2.48. The summed E-state index contributed by atoms with van der Waals surface area (Å²) in [6.07, 6.45) is 7.90. The summed E-state index contributed by atoms with van der Waals surface area (Å²) in [7, 11) is 1.71. The molecular formula is C14H25NO3. The van der Waals surface area contributed by atoms with E-state index in [1.54, 1.807) is 7.11 Å². The van der Waals surface area contributed by atoms with E-state index in [1.807, 2.05) is 4.90 Å². The SMILES string of the molecule is COC1(CC(=O)N2CCCCCC2CO)CCC1. The minimum atomic E-state index is -0.205. The topological polar surface area (TPSA) is 49.8 Å². The number of aliphatic hydroxyl groups is 1. The van der Waals surface area contributed by atoms with Crippen LogP contribution in [0.5, 0.6) is 0 Å². The molecule has 1 aliphatic heterocycles. The molecule has 18 heavy (non-hydrogen) atoms. The van der Waals surface area contributed by atoms with Crippen molar-refractivity contribution in [2.24, 2.45) is 0 Å². The van der Waals surface area contributed by atoms with Crippen LogP contribution in [0.3, 0.4) is 0 Å². The zero-order valence-electron chi connectivity index (χ0n) is 11.4. The van der Waals surface area contributed by atoms with Gasteiger partial charge >= 0.3 is 0 Å². The van der Waals surface area contributed by atoms with Gasteiger partial charge in [0.1, 0.15) is 0 Å².